The Kier molecular flexibility index (Phi) is 12.4. The van der Waals surface area contributed by atoms with Crippen molar-refractivity contribution in [3.8, 4) is 68.8 Å². The average Bonchev–Trinajstić information content (AvgIpc) is 3.91. The Labute approximate surface area is 317 Å². The van der Waals surface area contributed by atoms with E-state index >= 15 is 0 Å². The van der Waals surface area contributed by atoms with Crippen LogP contribution in [-0.4, -0.2) is 91.9 Å². The van der Waals surface area contributed by atoms with E-state index in [1.165, 1.54) is 21.3 Å². The van der Waals surface area contributed by atoms with Crippen molar-refractivity contribution in [3.05, 3.63) is 85.2 Å². The number of H-pyrrole nitrogens is 2. The largest absolute Gasteiger partial charge is 0.481 e. The van der Waals surface area contributed by atoms with Crippen molar-refractivity contribution in [1.82, 2.24) is 40.3 Å². The highest BCUT2D eigenvalue weighted by atomic mass is 16.5. The number of hydrogen-bond donors (Lipinski definition) is 3. The first kappa shape index (κ1) is 39.4. The molecular weight excluding hydrogens is 708 g/mol. The summed E-state index contributed by atoms with van der Waals surface area (Å²) in [5.41, 5.74) is 3.92. The van der Waals surface area contributed by atoms with Crippen molar-refractivity contribution < 1.29 is 38.4 Å². The molecule has 0 aliphatic carbocycles. The van der Waals surface area contributed by atoms with Gasteiger partial charge in [0.2, 0.25) is 11.8 Å². The number of hydrogen-bond acceptors (Lipinski definition) is 13. The zero-order chi connectivity index (χ0) is 39.6. The van der Waals surface area contributed by atoms with E-state index in [-0.39, 0.29) is 19.2 Å². The molecule has 16 heteroatoms. The average molecular weight is 751 g/mol. The lowest BCUT2D eigenvalue weighted by molar-refractivity contribution is -0.152. The van der Waals surface area contributed by atoms with Gasteiger partial charge in [0.25, 0.3) is 0 Å². The van der Waals surface area contributed by atoms with Gasteiger partial charge in [0.15, 0.2) is 11.6 Å². The summed E-state index contributed by atoms with van der Waals surface area (Å²) in [4.78, 5) is 39.8. The molecule has 3 N–H and O–H groups in total. The highest BCUT2D eigenvalue weighted by Crippen LogP contribution is 2.27. The number of methoxy groups -OCH3 is 3. The summed E-state index contributed by atoms with van der Waals surface area (Å²) in [6.45, 7) is 6.97. The topological polar surface area (TPSA) is 209 Å². The monoisotopic (exact) mass is 750 g/mol. The number of benzene rings is 2. The summed E-state index contributed by atoms with van der Waals surface area (Å²) in [5.74, 6) is 0.863. The minimum Gasteiger partial charge on any atom is -0.481 e. The van der Waals surface area contributed by atoms with Crippen molar-refractivity contribution in [1.29, 1.82) is 0 Å². The molecule has 0 saturated carbocycles. The number of nitrogens with zero attached hydrogens (tertiary/aromatic N) is 6. The van der Waals surface area contributed by atoms with Crippen LogP contribution in [0.15, 0.2) is 85.2 Å². The predicted octanol–water partition coefficient (Wildman–Crippen LogP) is 6.15. The van der Waals surface area contributed by atoms with E-state index in [0.717, 1.165) is 33.4 Å². The van der Waals surface area contributed by atoms with Crippen LogP contribution in [0.4, 0.5) is 0 Å². The Morgan fingerprint density at radius 2 is 0.964 bits per heavy atom. The second kappa shape index (κ2) is 17.3. The maximum atomic E-state index is 11.7. The first-order valence-corrected chi connectivity index (χ1v) is 17.0. The molecule has 0 radical (unpaired) electrons. The summed E-state index contributed by atoms with van der Waals surface area (Å²) in [6, 6.07) is 23.5. The molecule has 0 spiro atoms. The zero-order valence-corrected chi connectivity index (χ0v) is 31.5. The van der Waals surface area contributed by atoms with E-state index in [4.69, 9.17) is 28.8 Å². The fraction of sp³-hybridized carbons (Fsp3) is 0.282. The lowest BCUT2D eigenvalue weighted by Crippen LogP contribution is -2.32. The van der Waals surface area contributed by atoms with E-state index in [9.17, 15) is 9.59 Å². The Morgan fingerprint density at radius 3 is 1.29 bits per heavy atom. The number of rotatable bonds is 14. The van der Waals surface area contributed by atoms with Gasteiger partial charge in [-0.3, -0.25) is 19.8 Å². The molecule has 6 aromatic rings. The number of carbonyl (C=O) groups is 2. The van der Waals surface area contributed by atoms with Gasteiger partial charge in [0, 0.05) is 46.8 Å². The standard InChI is InChI=1S/C20H22N4O4.C19H20N4O4/c1-20(2,18(25)26-3)12-28-16-10-9-15(11-21-16)13-5-7-14(8-6-13)17-22-19(27-4)24-23-17;1-19(2,17(24)25)11-27-15-9-8-14(10-20-15)12-4-6-13(7-5-12)16-21-18(26-3)23-22-16/h5-11H,12H2,1-4H3,(H,22,23,24);4-10H,11H2,1-3H3,(H,24,25)(H,21,22,23). The molecule has 4 heterocycles. The number of ether oxygens (including phenoxy) is 5. The molecule has 0 saturated heterocycles. The Morgan fingerprint density at radius 1 is 0.582 bits per heavy atom. The summed E-state index contributed by atoms with van der Waals surface area (Å²) < 4.78 is 25.8. The van der Waals surface area contributed by atoms with Crippen LogP contribution in [0, 0.1) is 10.8 Å². The van der Waals surface area contributed by atoms with Gasteiger partial charge in [-0.05, 0) is 51.0 Å². The van der Waals surface area contributed by atoms with Gasteiger partial charge in [0.1, 0.15) is 13.2 Å². The first-order chi connectivity index (χ1) is 26.3. The van der Waals surface area contributed by atoms with Crippen LogP contribution in [0.25, 0.3) is 45.0 Å². The second-order valence-corrected chi connectivity index (χ2v) is 13.4. The fourth-order valence-electron chi connectivity index (χ4n) is 4.75. The number of carboxylic acid groups (broad SMARTS) is 1. The molecule has 0 atom stereocenters. The van der Waals surface area contributed by atoms with E-state index in [1.807, 2.05) is 60.7 Å². The highest BCUT2D eigenvalue weighted by molar-refractivity contribution is 5.76. The minimum absolute atomic E-state index is 0.0457. The molecule has 4 aromatic heterocycles. The van der Waals surface area contributed by atoms with Crippen molar-refractivity contribution >= 4 is 11.9 Å². The van der Waals surface area contributed by atoms with Crippen LogP contribution in [0.2, 0.25) is 0 Å². The third-order valence-electron chi connectivity index (χ3n) is 8.23. The Balaban J connectivity index is 0.000000211. The third kappa shape index (κ3) is 10.2. The predicted molar refractivity (Wildman–Crippen MR) is 201 cm³/mol. The maximum absolute atomic E-state index is 11.7. The number of aromatic amines is 2. The highest BCUT2D eigenvalue weighted by Gasteiger charge is 2.30. The zero-order valence-electron chi connectivity index (χ0n) is 31.5. The number of aromatic nitrogens is 8. The van der Waals surface area contributed by atoms with Crippen LogP contribution in [0.5, 0.6) is 23.8 Å². The van der Waals surface area contributed by atoms with Crippen LogP contribution in [0.3, 0.4) is 0 Å². The van der Waals surface area contributed by atoms with E-state index in [1.54, 1.807) is 52.2 Å². The normalized spacial score (nSPS) is 11.2. The van der Waals surface area contributed by atoms with Gasteiger partial charge in [0.05, 0.1) is 32.2 Å². The molecule has 16 nitrogen and oxygen atoms in total. The quantitative estimate of drug-likeness (QED) is 0.107. The first-order valence-electron chi connectivity index (χ1n) is 17.0. The molecule has 0 bridgehead atoms. The number of carboxylic acids is 1. The fourth-order valence-corrected chi connectivity index (χ4v) is 4.75. The molecule has 286 valence electrons. The molecule has 0 aliphatic heterocycles. The van der Waals surface area contributed by atoms with Gasteiger partial charge in [-0.15, -0.1) is 10.2 Å². The van der Waals surface area contributed by atoms with Gasteiger partial charge in [-0.2, -0.15) is 9.97 Å². The van der Waals surface area contributed by atoms with Gasteiger partial charge < -0.3 is 28.8 Å². The smallest absolute Gasteiger partial charge is 0.335 e. The number of nitrogens with one attached hydrogen (secondary N) is 2. The molecule has 55 heavy (non-hydrogen) atoms. The molecule has 0 unspecified atom stereocenters. The van der Waals surface area contributed by atoms with Crippen molar-refractivity contribution in [3.63, 3.8) is 0 Å². The molecule has 0 aliphatic rings. The molecular formula is C39H42N8O8. The van der Waals surface area contributed by atoms with Gasteiger partial charge >= 0.3 is 24.0 Å². The van der Waals surface area contributed by atoms with Gasteiger partial charge in [-0.1, -0.05) is 48.5 Å². The summed E-state index contributed by atoms with van der Waals surface area (Å²) >= 11 is 0. The Hall–Kier alpha value is -6.84. The lowest BCUT2D eigenvalue weighted by atomic mass is 9.95. The molecule has 0 amide bonds. The number of pyridine rings is 2. The van der Waals surface area contributed by atoms with E-state index in [0.29, 0.717) is 35.4 Å². The third-order valence-corrected chi connectivity index (χ3v) is 8.23. The lowest BCUT2D eigenvalue weighted by Gasteiger charge is -2.21. The van der Waals surface area contributed by atoms with Crippen LogP contribution in [-0.2, 0) is 14.3 Å². The van der Waals surface area contributed by atoms with E-state index in [2.05, 4.69) is 40.3 Å². The second-order valence-electron chi connectivity index (χ2n) is 13.4. The number of esters is 1. The van der Waals surface area contributed by atoms with Crippen molar-refractivity contribution in [2.24, 2.45) is 10.8 Å². The molecule has 6 rings (SSSR count). The van der Waals surface area contributed by atoms with Crippen LogP contribution in [0.1, 0.15) is 27.7 Å². The van der Waals surface area contributed by atoms with Gasteiger partial charge in [-0.25, -0.2) is 9.97 Å². The minimum atomic E-state index is -0.973. The Bertz CT molecular complexity index is 2160. The van der Waals surface area contributed by atoms with E-state index < -0.39 is 16.8 Å². The van der Waals surface area contributed by atoms with Crippen molar-refractivity contribution in [2.45, 2.75) is 27.7 Å². The summed E-state index contributed by atoms with van der Waals surface area (Å²) in [5, 5.41) is 22.6. The number of carbonyl (C=O) groups excluding carboxylic acids is 1. The van der Waals surface area contributed by atoms with Crippen LogP contribution < -0.4 is 18.9 Å². The SMILES string of the molecule is COC(=O)C(C)(C)COc1ccc(-c2ccc(-c3nc(OC)n[nH]3)cc2)cn1.COc1n[nH]c(-c2ccc(-c3ccc(OCC(C)(C)C(=O)O)nc3)cc2)n1. The molecule has 0 fully saturated rings. The summed E-state index contributed by atoms with van der Waals surface area (Å²) in [6.07, 6.45) is 3.42. The van der Waals surface area contributed by atoms with Crippen LogP contribution >= 0.6 is 0 Å². The van der Waals surface area contributed by atoms with Crippen molar-refractivity contribution in [2.75, 3.05) is 34.5 Å². The molecule has 2 aromatic carbocycles. The summed E-state index contributed by atoms with van der Waals surface area (Å²) in [7, 11) is 4.40. The number of aliphatic carboxylic acids is 1. The maximum Gasteiger partial charge on any atom is 0.335 e.